The van der Waals surface area contributed by atoms with Crippen LogP contribution in [0.15, 0.2) is 30.3 Å². The van der Waals surface area contributed by atoms with Gasteiger partial charge in [-0.25, -0.2) is 0 Å². The number of nitrogens with one attached hydrogen (secondary N) is 1. The lowest BCUT2D eigenvalue weighted by molar-refractivity contribution is 0.0258. The molecule has 1 unspecified atom stereocenters. The van der Waals surface area contributed by atoms with Crippen LogP contribution in [0.4, 0.5) is 0 Å². The summed E-state index contributed by atoms with van der Waals surface area (Å²) in [6.07, 6.45) is 2.72. The molecule has 0 amide bonds. The molecule has 3 heteroatoms. The van der Waals surface area contributed by atoms with Crippen LogP contribution in [0.2, 0.25) is 0 Å². The van der Waals surface area contributed by atoms with Crippen molar-refractivity contribution in [1.82, 2.24) is 10.3 Å². The van der Waals surface area contributed by atoms with Gasteiger partial charge in [-0.3, -0.25) is 4.98 Å². The fraction of sp³-hybridized carbons (Fsp3) is 0.438. The highest BCUT2D eigenvalue weighted by Gasteiger charge is 2.14. The first-order valence-corrected chi connectivity index (χ1v) is 7.00. The molecule has 3 nitrogen and oxygen atoms in total. The summed E-state index contributed by atoms with van der Waals surface area (Å²) < 4.78 is 6.04. The van der Waals surface area contributed by atoms with Crippen LogP contribution in [0.5, 0.6) is 0 Å². The van der Waals surface area contributed by atoms with Crippen LogP contribution >= 0.6 is 0 Å². The number of aromatic nitrogens is 1. The fourth-order valence-corrected chi connectivity index (χ4v) is 2.68. The summed E-state index contributed by atoms with van der Waals surface area (Å²) in [5.74, 6) is 0. The average Bonchev–Trinajstić information content (AvgIpc) is 2.45. The topological polar surface area (TPSA) is 34.1 Å². The zero-order chi connectivity index (χ0) is 13.1. The van der Waals surface area contributed by atoms with Crippen molar-refractivity contribution < 1.29 is 4.74 Å². The second kappa shape index (κ2) is 5.68. The van der Waals surface area contributed by atoms with Crippen molar-refractivity contribution >= 4 is 10.9 Å². The van der Waals surface area contributed by atoms with Gasteiger partial charge in [-0.05, 0) is 44.0 Å². The maximum Gasteiger partial charge on any atom is 0.0728 e. The smallest absolute Gasteiger partial charge is 0.0728 e. The van der Waals surface area contributed by atoms with E-state index in [0.29, 0.717) is 12.7 Å². The summed E-state index contributed by atoms with van der Waals surface area (Å²) in [6, 6.07) is 10.4. The maximum absolute atomic E-state index is 6.04. The Morgan fingerprint density at radius 1 is 1.37 bits per heavy atom. The first-order valence-electron chi connectivity index (χ1n) is 7.00. The molecule has 1 N–H and O–H groups in total. The Balaban J connectivity index is 1.79. The molecule has 2 aromatic rings. The zero-order valence-corrected chi connectivity index (χ0v) is 11.4. The van der Waals surface area contributed by atoms with Gasteiger partial charge in [0.05, 0.1) is 18.2 Å². The Morgan fingerprint density at radius 3 is 3.11 bits per heavy atom. The number of hydrogen-bond donors (Lipinski definition) is 1. The van der Waals surface area contributed by atoms with Gasteiger partial charge in [-0.15, -0.1) is 0 Å². The highest BCUT2D eigenvalue weighted by molar-refractivity contribution is 5.82. The van der Waals surface area contributed by atoms with Gasteiger partial charge in [0, 0.05) is 17.6 Å². The molecular weight excluding hydrogens is 236 g/mol. The Hall–Kier alpha value is -1.45. The summed E-state index contributed by atoms with van der Waals surface area (Å²) in [5.41, 5.74) is 3.36. The second-order valence-electron chi connectivity index (χ2n) is 5.22. The van der Waals surface area contributed by atoms with E-state index in [0.717, 1.165) is 30.7 Å². The molecule has 0 bridgehead atoms. The quantitative estimate of drug-likeness (QED) is 0.917. The monoisotopic (exact) mass is 256 g/mol. The molecule has 1 aliphatic rings. The summed E-state index contributed by atoms with van der Waals surface area (Å²) in [4.78, 5) is 4.56. The Bertz CT molecular complexity index is 562. The van der Waals surface area contributed by atoms with Crippen LogP contribution in [0, 0.1) is 6.92 Å². The highest BCUT2D eigenvalue weighted by Crippen LogP contribution is 2.20. The van der Waals surface area contributed by atoms with Gasteiger partial charge in [-0.1, -0.05) is 18.2 Å². The van der Waals surface area contributed by atoms with Gasteiger partial charge in [0.1, 0.15) is 0 Å². The maximum atomic E-state index is 6.04. The zero-order valence-electron chi connectivity index (χ0n) is 11.4. The Morgan fingerprint density at radius 2 is 2.26 bits per heavy atom. The number of para-hydroxylation sites is 1. The van der Waals surface area contributed by atoms with E-state index in [-0.39, 0.29) is 0 Å². The molecular formula is C16H20N2O. The average molecular weight is 256 g/mol. The predicted molar refractivity (Wildman–Crippen MR) is 77.2 cm³/mol. The molecule has 1 fully saturated rings. The van der Waals surface area contributed by atoms with Crippen LogP contribution < -0.4 is 5.32 Å². The van der Waals surface area contributed by atoms with Crippen molar-refractivity contribution in [3.8, 4) is 0 Å². The van der Waals surface area contributed by atoms with Crippen molar-refractivity contribution in [2.45, 2.75) is 32.5 Å². The number of aryl methyl sites for hydroxylation is 1. The van der Waals surface area contributed by atoms with Crippen molar-refractivity contribution in [2.75, 3.05) is 13.1 Å². The third kappa shape index (κ3) is 2.94. The molecule has 1 aromatic carbocycles. The van der Waals surface area contributed by atoms with Crippen LogP contribution in [-0.2, 0) is 11.3 Å². The summed E-state index contributed by atoms with van der Waals surface area (Å²) in [5, 5.41) is 4.59. The Kier molecular flexibility index (Phi) is 3.76. The minimum atomic E-state index is 0.348. The molecule has 0 radical (unpaired) electrons. The van der Waals surface area contributed by atoms with Gasteiger partial charge in [0.2, 0.25) is 0 Å². The SMILES string of the molecule is Cc1cc(COC2CCCNC2)c2ccccc2n1. The molecule has 3 rings (SSSR count). The number of nitrogens with zero attached hydrogens (tertiary/aromatic N) is 1. The Labute approximate surface area is 114 Å². The van der Waals surface area contributed by atoms with Crippen molar-refractivity contribution in [1.29, 1.82) is 0 Å². The van der Waals surface area contributed by atoms with Gasteiger partial charge >= 0.3 is 0 Å². The number of benzene rings is 1. The molecule has 0 spiro atoms. The molecule has 2 heterocycles. The van der Waals surface area contributed by atoms with E-state index in [1.54, 1.807) is 0 Å². The van der Waals surface area contributed by atoms with Crippen LogP contribution in [-0.4, -0.2) is 24.2 Å². The third-order valence-electron chi connectivity index (χ3n) is 3.66. The minimum Gasteiger partial charge on any atom is -0.372 e. The first-order chi connectivity index (χ1) is 9.33. The largest absolute Gasteiger partial charge is 0.372 e. The molecule has 1 aromatic heterocycles. The lowest BCUT2D eigenvalue weighted by Gasteiger charge is -2.23. The van der Waals surface area contributed by atoms with Crippen molar-refractivity contribution in [3.05, 3.63) is 41.6 Å². The lowest BCUT2D eigenvalue weighted by atomic mass is 10.1. The molecule has 1 aliphatic heterocycles. The molecule has 0 aliphatic carbocycles. The molecule has 0 saturated carbocycles. The molecule has 1 saturated heterocycles. The van der Waals surface area contributed by atoms with Crippen LogP contribution in [0.1, 0.15) is 24.1 Å². The lowest BCUT2D eigenvalue weighted by Crippen LogP contribution is -2.35. The number of fused-ring (bicyclic) bond motifs is 1. The number of hydrogen-bond acceptors (Lipinski definition) is 3. The van der Waals surface area contributed by atoms with Gasteiger partial charge in [-0.2, -0.15) is 0 Å². The van der Waals surface area contributed by atoms with Crippen molar-refractivity contribution in [2.24, 2.45) is 0 Å². The van der Waals surface area contributed by atoms with E-state index in [1.165, 1.54) is 17.4 Å². The van der Waals surface area contributed by atoms with E-state index in [4.69, 9.17) is 4.74 Å². The number of rotatable bonds is 3. The number of pyridine rings is 1. The predicted octanol–water partition coefficient (Wildman–Crippen LogP) is 2.81. The van der Waals surface area contributed by atoms with E-state index < -0.39 is 0 Å². The number of piperidine rings is 1. The van der Waals surface area contributed by atoms with Gasteiger partial charge in [0.15, 0.2) is 0 Å². The molecule has 1 atom stereocenters. The van der Waals surface area contributed by atoms with Crippen molar-refractivity contribution in [3.63, 3.8) is 0 Å². The van der Waals surface area contributed by atoms with Gasteiger partial charge < -0.3 is 10.1 Å². The number of ether oxygens (including phenoxy) is 1. The second-order valence-corrected chi connectivity index (χ2v) is 5.22. The highest BCUT2D eigenvalue weighted by atomic mass is 16.5. The van der Waals surface area contributed by atoms with Gasteiger partial charge in [0.25, 0.3) is 0 Å². The van der Waals surface area contributed by atoms with E-state index in [2.05, 4.69) is 34.6 Å². The van der Waals surface area contributed by atoms with E-state index in [1.807, 2.05) is 13.0 Å². The fourth-order valence-electron chi connectivity index (χ4n) is 2.68. The third-order valence-corrected chi connectivity index (χ3v) is 3.66. The summed E-state index contributed by atoms with van der Waals surface area (Å²) >= 11 is 0. The van der Waals surface area contributed by atoms with E-state index in [9.17, 15) is 0 Å². The molecule has 19 heavy (non-hydrogen) atoms. The minimum absolute atomic E-state index is 0.348. The molecule has 100 valence electrons. The van der Waals surface area contributed by atoms with Crippen LogP contribution in [0.3, 0.4) is 0 Å². The standard InChI is InChI=1S/C16H20N2O/c1-12-9-13(11-19-14-5-4-8-17-10-14)15-6-2-3-7-16(15)18-12/h2-3,6-7,9,14,17H,4-5,8,10-11H2,1H3. The normalized spacial score (nSPS) is 19.7. The summed E-state index contributed by atoms with van der Waals surface area (Å²) in [7, 11) is 0. The van der Waals surface area contributed by atoms with Crippen LogP contribution in [0.25, 0.3) is 10.9 Å². The van der Waals surface area contributed by atoms with E-state index >= 15 is 0 Å². The summed E-state index contributed by atoms with van der Waals surface area (Å²) in [6.45, 7) is 4.81. The first kappa shape index (κ1) is 12.6.